The Hall–Kier alpha value is -2.76. The molecule has 0 saturated heterocycles. The molecule has 3 aromatic carbocycles. The first-order chi connectivity index (χ1) is 15.6. The van der Waals surface area contributed by atoms with Crippen molar-refractivity contribution in [2.75, 3.05) is 0 Å². The van der Waals surface area contributed by atoms with Crippen LogP contribution in [0, 0.1) is 0 Å². The normalized spacial score (nSPS) is 17.2. The highest BCUT2D eigenvalue weighted by Crippen LogP contribution is 2.41. The molecule has 0 aliphatic carbocycles. The van der Waals surface area contributed by atoms with Gasteiger partial charge >= 0.3 is 0 Å². The molecule has 0 amide bonds. The Kier molecular flexibility index (Phi) is 5.70. The second kappa shape index (κ2) is 8.64. The number of aromatic nitrogens is 1. The second-order valence-electron chi connectivity index (χ2n) is 7.78. The number of rotatable bonds is 5. The van der Waals surface area contributed by atoms with E-state index in [0.29, 0.717) is 17.9 Å². The van der Waals surface area contributed by atoms with Gasteiger partial charge in [0.2, 0.25) is 5.78 Å². The average molecular weight is 504 g/mol. The van der Waals surface area contributed by atoms with Crippen LogP contribution >= 0.6 is 27.7 Å². The van der Waals surface area contributed by atoms with Gasteiger partial charge in [0.05, 0.1) is 11.4 Å². The molecule has 0 N–H and O–H groups in total. The Labute approximate surface area is 200 Å². The van der Waals surface area contributed by atoms with Gasteiger partial charge in [-0.15, -0.1) is 11.8 Å². The third-order valence-corrected chi connectivity index (χ3v) is 7.51. The molecular weight excluding hydrogens is 482 g/mol. The molecule has 0 radical (unpaired) electrons. The summed E-state index contributed by atoms with van der Waals surface area (Å²) in [5.74, 6) is 1.56. The molecule has 0 bridgehead atoms. The van der Waals surface area contributed by atoms with Crippen LogP contribution < -0.4 is 4.74 Å². The van der Waals surface area contributed by atoms with E-state index < -0.39 is 5.60 Å². The number of halogens is 1. The van der Waals surface area contributed by atoms with Gasteiger partial charge < -0.3 is 9.30 Å². The highest BCUT2D eigenvalue weighted by Gasteiger charge is 2.45. The van der Waals surface area contributed by atoms with Crippen molar-refractivity contribution in [1.29, 1.82) is 0 Å². The van der Waals surface area contributed by atoms with E-state index in [4.69, 9.17) is 4.74 Å². The van der Waals surface area contributed by atoms with E-state index >= 15 is 0 Å². The molecule has 3 nitrogen and oxygen atoms in total. The highest BCUT2D eigenvalue weighted by molar-refractivity contribution is 9.10. The molecule has 5 heteroatoms. The van der Waals surface area contributed by atoms with Crippen LogP contribution in [0.15, 0.2) is 100 Å². The number of nitrogens with zero attached hydrogens (tertiary/aromatic N) is 1. The third kappa shape index (κ3) is 3.70. The minimum absolute atomic E-state index is 0.0156. The Bertz CT molecular complexity index is 1260. The third-order valence-electron chi connectivity index (χ3n) is 5.89. The van der Waals surface area contributed by atoms with E-state index in [1.807, 2.05) is 66.2 Å². The fourth-order valence-electron chi connectivity index (χ4n) is 4.15. The molecule has 1 atom stereocenters. The maximum atomic E-state index is 13.8. The molecule has 1 aromatic heterocycles. The summed E-state index contributed by atoms with van der Waals surface area (Å²) in [6.45, 7) is 2.01. The molecule has 5 rings (SSSR count). The lowest BCUT2D eigenvalue weighted by Gasteiger charge is -2.31. The number of para-hydroxylation sites is 2. The summed E-state index contributed by atoms with van der Waals surface area (Å²) in [7, 11) is 0. The van der Waals surface area contributed by atoms with Crippen LogP contribution in [-0.2, 0) is 11.4 Å². The quantitative estimate of drug-likeness (QED) is 0.265. The van der Waals surface area contributed by atoms with Gasteiger partial charge in [0, 0.05) is 26.9 Å². The Morgan fingerprint density at radius 3 is 2.44 bits per heavy atom. The molecule has 0 spiro atoms. The molecule has 2 heterocycles. The van der Waals surface area contributed by atoms with E-state index in [0.717, 1.165) is 21.5 Å². The van der Waals surface area contributed by atoms with Crippen molar-refractivity contribution in [2.24, 2.45) is 0 Å². The van der Waals surface area contributed by atoms with Gasteiger partial charge in [-0.3, -0.25) is 4.79 Å². The molecule has 1 aliphatic rings. The lowest BCUT2D eigenvalue weighted by molar-refractivity contribution is 0.0424. The minimum Gasteiger partial charge on any atom is -0.472 e. The number of fused-ring (bicyclic) bond motifs is 3. The van der Waals surface area contributed by atoms with E-state index in [2.05, 4.69) is 52.3 Å². The molecule has 4 aromatic rings. The van der Waals surface area contributed by atoms with Crippen molar-refractivity contribution >= 4 is 33.5 Å². The van der Waals surface area contributed by atoms with Gasteiger partial charge in [0.15, 0.2) is 5.60 Å². The first-order valence-electron chi connectivity index (χ1n) is 10.6. The zero-order chi connectivity index (χ0) is 22.1. The number of benzene rings is 3. The zero-order valence-corrected chi connectivity index (χ0v) is 20.0. The first kappa shape index (κ1) is 21.1. The van der Waals surface area contributed by atoms with Crippen molar-refractivity contribution in [1.82, 2.24) is 4.57 Å². The van der Waals surface area contributed by atoms with Gasteiger partial charge in [-0.1, -0.05) is 59.3 Å². The van der Waals surface area contributed by atoms with Crippen LogP contribution in [0.25, 0.3) is 5.69 Å². The van der Waals surface area contributed by atoms with Crippen LogP contribution in [0.1, 0.15) is 35.0 Å². The standard InChI is InChI=1S/C27H22BrNO2S/c1-2-27(20-11-9-19(10-12-20)18-32-22-15-13-21(28)14-16-22)26(30)24-7-5-17-29(24)23-6-3-4-8-25(23)31-27/h3-17H,2,18H2,1H3. The zero-order valence-electron chi connectivity index (χ0n) is 17.6. The summed E-state index contributed by atoms with van der Waals surface area (Å²) in [6, 6.07) is 28.2. The lowest BCUT2D eigenvalue weighted by Crippen LogP contribution is -2.41. The van der Waals surface area contributed by atoms with Gasteiger partial charge in [-0.25, -0.2) is 0 Å². The van der Waals surface area contributed by atoms with Gasteiger partial charge in [0.25, 0.3) is 0 Å². The number of thioether (sulfide) groups is 1. The van der Waals surface area contributed by atoms with Crippen molar-refractivity contribution in [3.8, 4) is 11.4 Å². The van der Waals surface area contributed by atoms with Crippen LogP contribution in [0.4, 0.5) is 0 Å². The fourth-order valence-corrected chi connectivity index (χ4v) is 5.27. The average Bonchev–Trinajstić information content (AvgIpc) is 3.29. The van der Waals surface area contributed by atoms with E-state index in [1.165, 1.54) is 10.5 Å². The molecule has 0 fully saturated rings. The number of ketones is 1. The van der Waals surface area contributed by atoms with Crippen molar-refractivity contribution in [3.05, 3.63) is 112 Å². The minimum atomic E-state index is -1.06. The summed E-state index contributed by atoms with van der Waals surface area (Å²) in [4.78, 5) is 15.0. The molecule has 1 unspecified atom stereocenters. The van der Waals surface area contributed by atoms with E-state index in [9.17, 15) is 4.79 Å². The largest absolute Gasteiger partial charge is 0.472 e. The Morgan fingerprint density at radius 1 is 0.938 bits per heavy atom. The number of hydrogen-bond acceptors (Lipinski definition) is 3. The summed E-state index contributed by atoms with van der Waals surface area (Å²) in [5.41, 5.74) is 2.56. The van der Waals surface area contributed by atoms with Gasteiger partial charge in [0.1, 0.15) is 5.75 Å². The molecule has 32 heavy (non-hydrogen) atoms. The fraction of sp³-hybridized carbons (Fsp3) is 0.148. The number of ether oxygens (including phenoxy) is 1. The first-order valence-corrected chi connectivity index (χ1v) is 12.4. The summed E-state index contributed by atoms with van der Waals surface area (Å²) in [6.07, 6.45) is 2.46. The SMILES string of the molecule is CCC1(c2ccc(CSc3ccc(Br)cc3)cc2)Oc2ccccc2-n2cccc2C1=O. The van der Waals surface area contributed by atoms with Crippen LogP contribution in [-0.4, -0.2) is 10.4 Å². The van der Waals surface area contributed by atoms with Gasteiger partial charge in [-0.2, -0.15) is 0 Å². The number of hydrogen-bond donors (Lipinski definition) is 0. The monoisotopic (exact) mass is 503 g/mol. The smallest absolute Gasteiger partial charge is 0.227 e. The topological polar surface area (TPSA) is 31.2 Å². The molecule has 0 saturated carbocycles. The Morgan fingerprint density at radius 2 is 1.69 bits per heavy atom. The van der Waals surface area contributed by atoms with Crippen molar-refractivity contribution < 1.29 is 9.53 Å². The number of carbonyl (C=O) groups excluding carboxylic acids is 1. The van der Waals surface area contributed by atoms with E-state index in [1.54, 1.807) is 11.8 Å². The summed E-state index contributed by atoms with van der Waals surface area (Å²) in [5, 5.41) is 0. The number of carbonyl (C=O) groups is 1. The number of Topliss-reactive ketones (excluding diaryl/α,β-unsaturated/α-hetero) is 1. The van der Waals surface area contributed by atoms with Crippen molar-refractivity contribution in [2.45, 2.75) is 29.6 Å². The maximum Gasteiger partial charge on any atom is 0.227 e. The van der Waals surface area contributed by atoms with Gasteiger partial charge in [-0.05, 0) is 60.5 Å². The lowest BCUT2D eigenvalue weighted by atomic mass is 9.84. The second-order valence-corrected chi connectivity index (χ2v) is 9.75. The molecule has 160 valence electrons. The van der Waals surface area contributed by atoms with Crippen LogP contribution in [0.5, 0.6) is 5.75 Å². The molecule has 1 aliphatic heterocycles. The predicted molar refractivity (Wildman–Crippen MR) is 133 cm³/mol. The molecular formula is C27H22BrNO2S. The Balaban J connectivity index is 1.47. The maximum absolute atomic E-state index is 13.8. The van der Waals surface area contributed by atoms with Crippen LogP contribution in [0.3, 0.4) is 0 Å². The van der Waals surface area contributed by atoms with E-state index in [-0.39, 0.29) is 5.78 Å². The highest BCUT2D eigenvalue weighted by atomic mass is 79.9. The summed E-state index contributed by atoms with van der Waals surface area (Å²) < 4.78 is 9.54. The van der Waals surface area contributed by atoms with Crippen molar-refractivity contribution in [3.63, 3.8) is 0 Å². The predicted octanol–water partition coefficient (Wildman–Crippen LogP) is 7.41. The summed E-state index contributed by atoms with van der Waals surface area (Å²) >= 11 is 5.27. The van der Waals surface area contributed by atoms with Crippen LogP contribution in [0.2, 0.25) is 0 Å².